The van der Waals surface area contributed by atoms with Crippen molar-refractivity contribution >= 4 is 17.2 Å². The molecule has 5 nitrogen and oxygen atoms in total. The number of hydrogen-bond acceptors (Lipinski definition) is 5. The van der Waals surface area contributed by atoms with E-state index in [1.165, 1.54) is 4.88 Å². The third kappa shape index (κ3) is 3.80. The molecule has 0 spiro atoms. The van der Waals surface area contributed by atoms with Crippen molar-refractivity contribution in [2.45, 2.75) is 13.5 Å². The van der Waals surface area contributed by atoms with Gasteiger partial charge in [-0.15, -0.1) is 21.5 Å². The molecule has 6 heteroatoms. The molecule has 0 saturated carbocycles. The summed E-state index contributed by atoms with van der Waals surface area (Å²) >= 11 is 1.59. The van der Waals surface area contributed by atoms with Crippen LogP contribution in [-0.4, -0.2) is 16.1 Å². The number of hydrogen-bond donors (Lipinski definition) is 1. The Morgan fingerprint density at radius 2 is 1.78 bits per heavy atom. The number of benzene rings is 2. The van der Waals surface area contributed by atoms with Crippen LogP contribution in [0.1, 0.15) is 21.1 Å². The zero-order valence-electron chi connectivity index (χ0n) is 14.7. The molecule has 0 aliphatic heterocycles. The minimum Gasteiger partial charge on any atom is -0.418 e. The second-order valence-corrected chi connectivity index (χ2v) is 7.29. The van der Waals surface area contributed by atoms with Gasteiger partial charge in [0.2, 0.25) is 5.89 Å². The van der Waals surface area contributed by atoms with E-state index in [2.05, 4.69) is 15.5 Å². The number of nitrogens with zero attached hydrogens (tertiary/aromatic N) is 2. The molecule has 0 saturated heterocycles. The predicted octanol–water partition coefficient (Wildman–Crippen LogP) is 4.70. The lowest BCUT2D eigenvalue weighted by Crippen LogP contribution is -2.23. The molecule has 2 aromatic heterocycles. The van der Waals surface area contributed by atoms with Crippen LogP contribution in [0.4, 0.5) is 0 Å². The Hall–Kier alpha value is -3.25. The van der Waals surface area contributed by atoms with Gasteiger partial charge < -0.3 is 9.73 Å². The molecular weight excluding hydrogens is 358 g/mol. The highest BCUT2D eigenvalue weighted by molar-refractivity contribution is 7.15. The summed E-state index contributed by atoms with van der Waals surface area (Å²) in [5, 5.41) is 10.9. The highest BCUT2D eigenvalue weighted by Gasteiger charge is 2.14. The van der Waals surface area contributed by atoms with Crippen molar-refractivity contribution < 1.29 is 9.21 Å². The first-order chi connectivity index (χ1) is 13.2. The fraction of sp³-hybridized carbons (Fsp3) is 0.0952. The van der Waals surface area contributed by atoms with E-state index in [0.717, 1.165) is 16.0 Å². The summed E-state index contributed by atoms with van der Waals surface area (Å²) in [5.74, 6) is 0.671. The van der Waals surface area contributed by atoms with Gasteiger partial charge in [0.15, 0.2) is 0 Å². The van der Waals surface area contributed by atoms with Gasteiger partial charge in [-0.1, -0.05) is 48.5 Å². The first kappa shape index (κ1) is 17.2. The molecule has 0 fully saturated rings. The molecule has 4 aromatic rings. The highest BCUT2D eigenvalue weighted by Crippen LogP contribution is 2.26. The van der Waals surface area contributed by atoms with Crippen LogP contribution in [0.25, 0.3) is 21.9 Å². The number of amides is 1. The highest BCUT2D eigenvalue weighted by atomic mass is 32.1. The van der Waals surface area contributed by atoms with Gasteiger partial charge in [0.1, 0.15) is 0 Å². The predicted molar refractivity (Wildman–Crippen MR) is 105 cm³/mol. The monoisotopic (exact) mass is 375 g/mol. The average molecular weight is 375 g/mol. The number of rotatable bonds is 5. The van der Waals surface area contributed by atoms with Crippen LogP contribution in [0.5, 0.6) is 0 Å². The Bertz CT molecular complexity index is 1070. The fourth-order valence-corrected chi connectivity index (χ4v) is 3.56. The van der Waals surface area contributed by atoms with Gasteiger partial charge in [0, 0.05) is 10.4 Å². The van der Waals surface area contributed by atoms with E-state index in [1.807, 2.05) is 73.7 Å². The van der Waals surface area contributed by atoms with E-state index in [-0.39, 0.29) is 12.5 Å². The van der Waals surface area contributed by atoms with Crippen LogP contribution in [0.15, 0.2) is 71.1 Å². The normalized spacial score (nSPS) is 10.7. The van der Waals surface area contributed by atoms with Crippen molar-refractivity contribution in [1.29, 1.82) is 0 Å². The smallest absolute Gasteiger partial charge is 0.257 e. The first-order valence-corrected chi connectivity index (χ1v) is 9.34. The van der Waals surface area contributed by atoms with Crippen LogP contribution in [0.2, 0.25) is 0 Å². The molecule has 1 amide bonds. The topological polar surface area (TPSA) is 68.0 Å². The summed E-state index contributed by atoms with van der Waals surface area (Å²) in [7, 11) is 0. The van der Waals surface area contributed by atoms with Crippen molar-refractivity contribution in [3.8, 4) is 21.9 Å². The summed E-state index contributed by atoms with van der Waals surface area (Å²) in [6.07, 6.45) is 0. The van der Waals surface area contributed by atoms with E-state index in [1.54, 1.807) is 11.3 Å². The maximum Gasteiger partial charge on any atom is 0.257 e. The molecular formula is C21H17N3O2S. The minimum atomic E-state index is -0.179. The lowest BCUT2D eigenvalue weighted by Gasteiger charge is -2.09. The third-order valence-electron chi connectivity index (χ3n) is 4.07. The Morgan fingerprint density at radius 1 is 1.00 bits per heavy atom. The zero-order chi connectivity index (χ0) is 18.6. The Kier molecular flexibility index (Phi) is 4.80. The second kappa shape index (κ2) is 7.55. The number of nitrogens with one attached hydrogen (secondary N) is 1. The SMILES string of the molecule is Cc1ccc(-c2nnc(CNC(=O)c3ccccc3-c3ccccc3)o2)s1. The summed E-state index contributed by atoms with van der Waals surface area (Å²) in [4.78, 5) is 14.8. The standard InChI is InChI=1S/C21H17N3O2S/c1-14-11-12-18(27-14)21-24-23-19(26-21)13-22-20(25)17-10-6-5-9-16(17)15-7-3-2-4-8-15/h2-12H,13H2,1H3,(H,22,25). The quantitative estimate of drug-likeness (QED) is 0.549. The molecule has 4 rings (SSSR count). The average Bonchev–Trinajstić information content (AvgIpc) is 3.35. The van der Waals surface area contributed by atoms with E-state index >= 15 is 0 Å². The number of aromatic nitrogens is 2. The molecule has 134 valence electrons. The number of thiophene rings is 1. The molecule has 0 atom stereocenters. The molecule has 0 unspecified atom stereocenters. The van der Waals surface area contributed by atoms with Gasteiger partial charge in [-0.3, -0.25) is 4.79 Å². The Morgan fingerprint density at radius 3 is 2.56 bits per heavy atom. The molecule has 27 heavy (non-hydrogen) atoms. The molecule has 0 aliphatic rings. The Balaban J connectivity index is 1.49. The number of carbonyl (C=O) groups excluding carboxylic acids is 1. The van der Waals surface area contributed by atoms with E-state index < -0.39 is 0 Å². The van der Waals surface area contributed by atoms with Crippen LogP contribution >= 0.6 is 11.3 Å². The molecule has 1 N–H and O–H groups in total. The molecule has 0 aliphatic carbocycles. The van der Waals surface area contributed by atoms with Crippen molar-refractivity contribution in [3.05, 3.63) is 83.1 Å². The van der Waals surface area contributed by atoms with Gasteiger partial charge in [-0.2, -0.15) is 0 Å². The molecule has 2 heterocycles. The van der Waals surface area contributed by atoms with Gasteiger partial charge in [-0.25, -0.2) is 0 Å². The van der Waals surface area contributed by atoms with Crippen molar-refractivity contribution in [2.75, 3.05) is 0 Å². The van der Waals surface area contributed by atoms with Crippen LogP contribution in [0.3, 0.4) is 0 Å². The van der Waals surface area contributed by atoms with Crippen LogP contribution in [0, 0.1) is 6.92 Å². The summed E-state index contributed by atoms with van der Waals surface area (Å²) in [6.45, 7) is 2.20. The van der Waals surface area contributed by atoms with Crippen molar-refractivity contribution in [3.63, 3.8) is 0 Å². The molecule has 0 radical (unpaired) electrons. The third-order valence-corrected chi connectivity index (χ3v) is 5.06. The van der Waals surface area contributed by atoms with Crippen LogP contribution < -0.4 is 5.32 Å². The lowest BCUT2D eigenvalue weighted by atomic mass is 9.99. The fourth-order valence-electron chi connectivity index (χ4n) is 2.78. The van der Waals surface area contributed by atoms with E-state index in [0.29, 0.717) is 17.3 Å². The van der Waals surface area contributed by atoms with Gasteiger partial charge in [0.25, 0.3) is 11.8 Å². The summed E-state index contributed by atoms with van der Waals surface area (Å²) < 4.78 is 5.66. The first-order valence-electron chi connectivity index (χ1n) is 8.52. The Labute approximate surface area is 160 Å². The number of aryl methyl sites for hydroxylation is 1. The summed E-state index contributed by atoms with van der Waals surface area (Å²) in [5.41, 5.74) is 2.49. The summed E-state index contributed by atoms with van der Waals surface area (Å²) in [6, 6.07) is 21.3. The van der Waals surface area contributed by atoms with E-state index in [4.69, 9.17) is 4.42 Å². The maximum absolute atomic E-state index is 12.7. The maximum atomic E-state index is 12.7. The number of carbonyl (C=O) groups is 1. The second-order valence-electron chi connectivity index (χ2n) is 6.01. The van der Waals surface area contributed by atoms with E-state index in [9.17, 15) is 4.79 Å². The van der Waals surface area contributed by atoms with Gasteiger partial charge in [0.05, 0.1) is 11.4 Å². The zero-order valence-corrected chi connectivity index (χ0v) is 15.5. The van der Waals surface area contributed by atoms with Gasteiger partial charge >= 0.3 is 0 Å². The van der Waals surface area contributed by atoms with Crippen molar-refractivity contribution in [2.24, 2.45) is 0 Å². The van der Waals surface area contributed by atoms with Gasteiger partial charge in [-0.05, 0) is 36.2 Å². The lowest BCUT2D eigenvalue weighted by molar-refractivity contribution is 0.0948. The molecule has 0 bridgehead atoms. The molecule has 2 aromatic carbocycles. The van der Waals surface area contributed by atoms with Crippen LogP contribution in [-0.2, 0) is 6.54 Å². The minimum absolute atomic E-state index is 0.179. The largest absolute Gasteiger partial charge is 0.418 e. The van der Waals surface area contributed by atoms with Crippen molar-refractivity contribution in [1.82, 2.24) is 15.5 Å².